The van der Waals surface area contributed by atoms with Crippen molar-refractivity contribution < 1.29 is 31.4 Å². The van der Waals surface area contributed by atoms with Gasteiger partial charge in [0, 0.05) is 18.5 Å². The molecule has 1 saturated carbocycles. The quantitative estimate of drug-likeness (QED) is 0.670. The molecule has 3 atom stereocenters. The monoisotopic (exact) mass is 432 g/mol. The van der Waals surface area contributed by atoms with Crippen LogP contribution in [-0.2, 0) is 10.9 Å². The highest BCUT2D eigenvalue weighted by Gasteiger charge is 2.60. The molecule has 0 amide bonds. The van der Waals surface area contributed by atoms with Gasteiger partial charge in [0.05, 0.1) is 25.9 Å². The van der Waals surface area contributed by atoms with Crippen molar-refractivity contribution in [1.82, 2.24) is 19.7 Å². The van der Waals surface area contributed by atoms with Crippen LogP contribution in [0.1, 0.15) is 23.7 Å². The fourth-order valence-electron chi connectivity index (χ4n) is 3.66. The van der Waals surface area contributed by atoms with Crippen molar-refractivity contribution in [2.45, 2.75) is 37.5 Å². The molecule has 1 saturated heterocycles. The SMILES string of the molecule is Cc1nn(C2CC2(F)F)c2c1OC[C@H]1COCC1Nc1nc(ncc1C(F)(F)F)N2. The van der Waals surface area contributed by atoms with E-state index >= 15 is 0 Å². The number of nitrogens with zero attached hydrogens (tertiary/aromatic N) is 4. The smallest absolute Gasteiger partial charge is 0.421 e. The van der Waals surface area contributed by atoms with Crippen LogP contribution in [-0.4, -0.2) is 51.5 Å². The van der Waals surface area contributed by atoms with Gasteiger partial charge in [-0.15, -0.1) is 0 Å². The summed E-state index contributed by atoms with van der Waals surface area (Å²) in [6.45, 7) is 2.16. The summed E-state index contributed by atoms with van der Waals surface area (Å²) in [5, 5.41) is 9.69. The number of aromatic nitrogens is 4. The van der Waals surface area contributed by atoms with Crippen LogP contribution in [0.2, 0.25) is 0 Å². The minimum atomic E-state index is -4.67. The molecule has 2 bridgehead atoms. The first-order valence-corrected chi connectivity index (χ1v) is 9.29. The summed E-state index contributed by atoms with van der Waals surface area (Å²) in [5.41, 5.74) is -0.660. The maximum atomic E-state index is 13.7. The van der Waals surface area contributed by atoms with E-state index in [1.165, 1.54) is 0 Å². The largest absolute Gasteiger partial charge is 0.487 e. The van der Waals surface area contributed by atoms with E-state index in [4.69, 9.17) is 9.47 Å². The number of rotatable bonds is 1. The van der Waals surface area contributed by atoms with Gasteiger partial charge < -0.3 is 20.1 Å². The summed E-state index contributed by atoms with van der Waals surface area (Å²) in [4.78, 5) is 7.71. The van der Waals surface area contributed by atoms with Crippen LogP contribution in [0.15, 0.2) is 6.20 Å². The predicted molar refractivity (Wildman–Crippen MR) is 93.1 cm³/mol. The Morgan fingerprint density at radius 3 is 2.70 bits per heavy atom. The zero-order chi connectivity index (χ0) is 21.3. The Hall–Kier alpha value is -2.70. The van der Waals surface area contributed by atoms with E-state index < -0.39 is 35.6 Å². The average Bonchev–Trinajstić information content (AvgIpc) is 2.96. The molecular weight excluding hydrogens is 415 g/mol. The van der Waals surface area contributed by atoms with E-state index in [1.54, 1.807) is 6.92 Å². The van der Waals surface area contributed by atoms with Crippen molar-refractivity contribution >= 4 is 17.6 Å². The molecule has 162 valence electrons. The van der Waals surface area contributed by atoms with Crippen LogP contribution in [0.5, 0.6) is 5.75 Å². The Bertz CT molecular complexity index is 994. The molecule has 13 heteroatoms. The Morgan fingerprint density at radius 1 is 1.23 bits per heavy atom. The first-order valence-electron chi connectivity index (χ1n) is 9.29. The van der Waals surface area contributed by atoms with Crippen LogP contribution < -0.4 is 15.4 Å². The van der Waals surface area contributed by atoms with Crippen LogP contribution in [0.25, 0.3) is 0 Å². The second kappa shape index (κ2) is 6.40. The highest BCUT2D eigenvalue weighted by atomic mass is 19.4. The van der Waals surface area contributed by atoms with E-state index in [2.05, 4.69) is 25.7 Å². The molecule has 5 rings (SSSR count). The third kappa shape index (κ3) is 3.20. The maximum absolute atomic E-state index is 13.7. The molecule has 2 aromatic rings. The number of aryl methyl sites for hydroxylation is 1. The molecule has 2 unspecified atom stereocenters. The van der Waals surface area contributed by atoms with Gasteiger partial charge in [0.1, 0.15) is 23.1 Å². The molecule has 3 aliphatic rings. The number of hydrogen-bond acceptors (Lipinski definition) is 7. The van der Waals surface area contributed by atoms with E-state index in [0.717, 1.165) is 4.68 Å². The third-order valence-electron chi connectivity index (χ3n) is 5.41. The lowest BCUT2D eigenvalue weighted by Gasteiger charge is -2.21. The highest BCUT2D eigenvalue weighted by molar-refractivity contribution is 5.62. The summed E-state index contributed by atoms with van der Waals surface area (Å²) in [6.07, 6.45) is -4.41. The van der Waals surface area contributed by atoms with Crippen LogP contribution in [0, 0.1) is 12.8 Å². The summed E-state index contributed by atoms with van der Waals surface area (Å²) < 4.78 is 80.1. The van der Waals surface area contributed by atoms with Crippen molar-refractivity contribution in [3.8, 4) is 5.75 Å². The molecule has 2 fully saturated rings. The van der Waals surface area contributed by atoms with Gasteiger partial charge in [-0.05, 0) is 6.92 Å². The predicted octanol–water partition coefficient (Wildman–Crippen LogP) is 3.14. The zero-order valence-electron chi connectivity index (χ0n) is 15.6. The van der Waals surface area contributed by atoms with Crippen LogP contribution >= 0.6 is 0 Å². The second-order valence-corrected chi connectivity index (χ2v) is 7.63. The molecule has 30 heavy (non-hydrogen) atoms. The topological polar surface area (TPSA) is 86.1 Å². The molecule has 8 nitrogen and oxygen atoms in total. The van der Waals surface area contributed by atoms with Gasteiger partial charge in [0.25, 0.3) is 5.92 Å². The average molecular weight is 432 g/mol. The summed E-state index contributed by atoms with van der Waals surface area (Å²) >= 11 is 0. The van der Waals surface area contributed by atoms with Gasteiger partial charge in [-0.1, -0.05) is 0 Å². The Kier molecular flexibility index (Phi) is 4.11. The summed E-state index contributed by atoms with van der Waals surface area (Å²) in [7, 11) is 0. The van der Waals surface area contributed by atoms with Gasteiger partial charge in [-0.25, -0.2) is 18.4 Å². The molecule has 4 heterocycles. The minimum absolute atomic E-state index is 0.0812. The number of fused-ring (bicyclic) bond motifs is 4. The fraction of sp³-hybridized carbons (Fsp3) is 0.588. The lowest BCUT2D eigenvalue weighted by atomic mass is 10.0. The first-order chi connectivity index (χ1) is 14.1. The van der Waals surface area contributed by atoms with Gasteiger partial charge in [0.2, 0.25) is 5.95 Å². The Morgan fingerprint density at radius 2 is 2.00 bits per heavy atom. The van der Waals surface area contributed by atoms with Crippen molar-refractivity contribution in [3.05, 3.63) is 17.5 Å². The molecule has 2 N–H and O–H groups in total. The molecule has 0 spiro atoms. The number of alkyl halides is 5. The lowest BCUT2D eigenvalue weighted by molar-refractivity contribution is -0.137. The van der Waals surface area contributed by atoms with Crippen molar-refractivity contribution in [3.63, 3.8) is 0 Å². The standard InChI is InChI=1S/C17H17F5N6O2/c1-7-12-14(28(27-7)11-2-16(11,18)19)26-15-23-3-9(17(20,21)22)13(25-15)24-10-6-29-4-8(10)5-30-12/h3,8,10-11H,2,4-6H2,1H3,(H2,23,24,25,26)/t8-,10?,11?/m1/s1. The number of hydrogen-bond donors (Lipinski definition) is 2. The molecule has 0 radical (unpaired) electrons. The number of nitrogens with one attached hydrogen (secondary N) is 2. The molecule has 0 aromatic carbocycles. The van der Waals surface area contributed by atoms with Gasteiger partial charge in [-0.3, -0.25) is 0 Å². The highest BCUT2D eigenvalue weighted by Crippen LogP contribution is 2.54. The van der Waals surface area contributed by atoms with E-state index in [9.17, 15) is 22.0 Å². The fourth-order valence-corrected chi connectivity index (χ4v) is 3.66. The van der Waals surface area contributed by atoms with E-state index in [-0.39, 0.29) is 49.7 Å². The van der Waals surface area contributed by atoms with Gasteiger partial charge in [0.15, 0.2) is 11.6 Å². The van der Waals surface area contributed by atoms with Gasteiger partial charge >= 0.3 is 6.18 Å². The van der Waals surface area contributed by atoms with Crippen LogP contribution in [0.3, 0.4) is 0 Å². The molecule has 2 aromatic heterocycles. The normalized spacial score (nSPS) is 27.1. The lowest BCUT2D eigenvalue weighted by Crippen LogP contribution is -2.33. The zero-order valence-corrected chi connectivity index (χ0v) is 15.6. The third-order valence-corrected chi connectivity index (χ3v) is 5.41. The molecule has 1 aliphatic carbocycles. The first kappa shape index (κ1) is 19.3. The minimum Gasteiger partial charge on any atom is -0.487 e. The second-order valence-electron chi connectivity index (χ2n) is 7.63. The number of halogens is 5. The summed E-state index contributed by atoms with van der Waals surface area (Å²) in [5.74, 6) is -3.49. The molecule has 2 aliphatic heterocycles. The van der Waals surface area contributed by atoms with E-state index in [0.29, 0.717) is 11.9 Å². The Balaban J connectivity index is 1.61. The van der Waals surface area contributed by atoms with Gasteiger partial charge in [-0.2, -0.15) is 23.3 Å². The van der Waals surface area contributed by atoms with Crippen molar-refractivity contribution in [2.75, 3.05) is 30.5 Å². The van der Waals surface area contributed by atoms with Crippen LogP contribution in [0.4, 0.5) is 39.5 Å². The molecular formula is C17H17F5N6O2. The van der Waals surface area contributed by atoms with Crippen molar-refractivity contribution in [2.24, 2.45) is 5.92 Å². The number of ether oxygens (including phenoxy) is 2. The van der Waals surface area contributed by atoms with Crippen molar-refractivity contribution in [1.29, 1.82) is 0 Å². The Labute approximate surface area is 166 Å². The van der Waals surface area contributed by atoms with E-state index in [1.807, 2.05) is 0 Å². The summed E-state index contributed by atoms with van der Waals surface area (Å²) in [6, 6.07) is -1.64. The maximum Gasteiger partial charge on any atom is 0.421 e. The number of anilines is 3.